The number of nitrogens with one attached hydrogen (secondary N) is 1. The number of phenolic OH excluding ortho intramolecular Hbond substituents is 1. The molecular weight excluding hydrogens is 294 g/mol. The summed E-state index contributed by atoms with van der Waals surface area (Å²) in [7, 11) is 0. The Morgan fingerprint density at radius 2 is 1.87 bits per heavy atom. The summed E-state index contributed by atoms with van der Waals surface area (Å²) in [4.78, 5) is 24.3. The van der Waals surface area contributed by atoms with Gasteiger partial charge >= 0.3 is 5.63 Å². The van der Waals surface area contributed by atoms with E-state index in [1.165, 1.54) is 18.2 Å². The number of rotatable bonds is 3. The molecule has 1 amide bonds. The minimum Gasteiger partial charge on any atom is -0.508 e. The first-order chi connectivity index (χ1) is 11.0. The molecule has 2 aromatic carbocycles. The van der Waals surface area contributed by atoms with Crippen LogP contribution in [-0.2, 0) is 0 Å². The van der Waals surface area contributed by atoms with Crippen molar-refractivity contribution in [2.45, 2.75) is 13.0 Å². The maximum absolute atomic E-state index is 12.3. The highest BCUT2D eigenvalue weighted by atomic mass is 16.4. The van der Waals surface area contributed by atoms with Crippen LogP contribution in [0, 0.1) is 0 Å². The van der Waals surface area contributed by atoms with Crippen LogP contribution < -0.4 is 10.9 Å². The molecule has 0 aliphatic heterocycles. The SMILES string of the molecule is C[C@@H](NC(=O)c1cc2ccc(O)cc2oc1=O)c1ccccc1. The number of amides is 1. The maximum Gasteiger partial charge on any atom is 0.349 e. The summed E-state index contributed by atoms with van der Waals surface area (Å²) < 4.78 is 5.11. The maximum atomic E-state index is 12.3. The van der Waals surface area contributed by atoms with Gasteiger partial charge in [-0.25, -0.2) is 4.79 Å². The van der Waals surface area contributed by atoms with E-state index in [9.17, 15) is 14.7 Å². The van der Waals surface area contributed by atoms with Crippen LogP contribution in [0.3, 0.4) is 0 Å². The van der Waals surface area contributed by atoms with Gasteiger partial charge in [0, 0.05) is 11.5 Å². The van der Waals surface area contributed by atoms with Crippen molar-refractivity contribution in [2.24, 2.45) is 0 Å². The van der Waals surface area contributed by atoms with E-state index in [0.29, 0.717) is 5.39 Å². The number of carbonyl (C=O) groups excluding carboxylic acids is 1. The van der Waals surface area contributed by atoms with Crippen molar-refractivity contribution in [1.82, 2.24) is 5.32 Å². The molecule has 116 valence electrons. The molecule has 1 atom stereocenters. The highest BCUT2D eigenvalue weighted by molar-refractivity contribution is 5.96. The van der Waals surface area contributed by atoms with E-state index in [1.807, 2.05) is 37.3 Å². The second kappa shape index (κ2) is 5.96. The van der Waals surface area contributed by atoms with Crippen LogP contribution in [0.15, 0.2) is 63.8 Å². The van der Waals surface area contributed by atoms with Crippen molar-refractivity contribution in [3.8, 4) is 5.75 Å². The smallest absolute Gasteiger partial charge is 0.349 e. The number of carbonyl (C=O) groups is 1. The molecule has 0 aliphatic carbocycles. The molecule has 2 N–H and O–H groups in total. The van der Waals surface area contributed by atoms with Gasteiger partial charge in [-0.15, -0.1) is 0 Å². The lowest BCUT2D eigenvalue weighted by molar-refractivity contribution is 0.0936. The van der Waals surface area contributed by atoms with E-state index >= 15 is 0 Å². The predicted octanol–water partition coefficient (Wildman–Crippen LogP) is 2.99. The first kappa shape index (κ1) is 14.8. The third-order valence-corrected chi connectivity index (χ3v) is 3.61. The molecule has 0 aliphatic rings. The molecule has 0 fully saturated rings. The van der Waals surface area contributed by atoms with Gasteiger partial charge in [0.1, 0.15) is 16.9 Å². The van der Waals surface area contributed by atoms with Crippen LogP contribution in [0.1, 0.15) is 28.9 Å². The first-order valence-electron chi connectivity index (χ1n) is 7.17. The zero-order valence-corrected chi connectivity index (χ0v) is 12.4. The predicted molar refractivity (Wildman–Crippen MR) is 86.5 cm³/mol. The molecule has 1 aromatic heterocycles. The summed E-state index contributed by atoms with van der Waals surface area (Å²) in [6.07, 6.45) is 0. The molecule has 5 heteroatoms. The normalized spacial score (nSPS) is 12.0. The zero-order chi connectivity index (χ0) is 16.4. The molecule has 0 unspecified atom stereocenters. The van der Waals surface area contributed by atoms with Crippen molar-refractivity contribution < 1.29 is 14.3 Å². The van der Waals surface area contributed by atoms with Gasteiger partial charge in [-0.1, -0.05) is 30.3 Å². The first-order valence-corrected chi connectivity index (χ1v) is 7.17. The average molecular weight is 309 g/mol. The standard InChI is InChI=1S/C18H15NO4/c1-11(12-5-3-2-4-6-12)19-17(21)15-9-13-7-8-14(20)10-16(13)23-18(15)22/h2-11,20H,1H3,(H,19,21)/t11-/m1/s1. The van der Waals surface area contributed by atoms with Crippen LogP contribution >= 0.6 is 0 Å². The fourth-order valence-corrected chi connectivity index (χ4v) is 2.36. The number of phenols is 1. The van der Waals surface area contributed by atoms with Gasteiger partial charge in [0.25, 0.3) is 5.91 Å². The third kappa shape index (κ3) is 3.08. The highest BCUT2D eigenvalue weighted by Gasteiger charge is 2.16. The van der Waals surface area contributed by atoms with Gasteiger partial charge in [-0.05, 0) is 30.7 Å². The second-order valence-corrected chi connectivity index (χ2v) is 5.28. The molecule has 1 heterocycles. The molecule has 0 spiro atoms. The summed E-state index contributed by atoms with van der Waals surface area (Å²) in [6.45, 7) is 1.84. The van der Waals surface area contributed by atoms with Crippen molar-refractivity contribution in [1.29, 1.82) is 0 Å². The van der Waals surface area contributed by atoms with E-state index in [1.54, 1.807) is 6.07 Å². The van der Waals surface area contributed by atoms with Gasteiger partial charge < -0.3 is 14.8 Å². The Balaban J connectivity index is 1.90. The summed E-state index contributed by atoms with van der Waals surface area (Å²) in [5.74, 6) is -0.499. The molecule has 5 nitrogen and oxygen atoms in total. The molecule has 0 bridgehead atoms. The lowest BCUT2D eigenvalue weighted by Crippen LogP contribution is -2.30. The van der Waals surface area contributed by atoms with Crippen molar-refractivity contribution in [3.63, 3.8) is 0 Å². The Bertz CT molecular complexity index is 915. The number of benzene rings is 2. The van der Waals surface area contributed by atoms with Gasteiger partial charge in [-0.3, -0.25) is 4.79 Å². The van der Waals surface area contributed by atoms with Crippen LogP contribution in [0.5, 0.6) is 5.75 Å². The van der Waals surface area contributed by atoms with E-state index in [-0.39, 0.29) is 22.9 Å². The second-order valence-electron chi connectivity index (χ2n) is 5.28. The van der Waals surface area contributed by atoms with Crippen LogP contribution in [0.4, 0.5) is 0 Å². The van der Waals surface area contributed by atoms with Crippen molar-refractivity contribution in [3.05, 3.63) is 76.1 Å². The molecule has 23 heavy (non-hydrogen) atoms. The summed E-state index contributed by atoms with van der Waals surface area (Å²) in [6, 6.07) is 15.1. The molecule has 0 saturated heterocycles. The van der Waals surface area contributed by atoms with E-state index in [4.69, 9.17) is 4.42 Å². The Morgan fingerprint density at radius 1 is 1.13 bits per heavy atom. The molecule has 0 saturated carbocycles. The van der Waals surface area contributed by atoms with Crippen molar-refractivity contribution >= 4 is 16.9 Å². The fraction of sp³-hybridized carbons (Fsp3) is 0.111. The van der Waals surface area contributed by atoms with E-state index in [0.717, 1.165) is 5.56 Å². The Morgan fingerprint density at radius 3 is 2.61 bits per heavy atom. The number of fused-ring (bicyclic) bond motifs is 1. The van der Waals surface area contributed by atoms with E-state index < -0.39 is 11.5 Å². The topological polar surface area (TPSA) is 79.5 Å². The summed E-state index contributed by atoms with van der Waals surface area (Å²) in [5, 5.41) is 12.8. The van der Waals surface area contributed by atoms with Gasteiger partial charge in [-0.2, -0.15) is 0 Å². The van der Waals surface area contributed by atoms with Crippen LogP contribution in [0.25, 0.3) is 11.0 Å². The minimum atomic E-state index is -0.735. The Hall–Kier alpha value is -3.08. The third-order valence-electron chi connectivity index (χ3n) is 3.61. The monoisotopic (exact) mass is 309 g/mol. The minimum absolute atomic E-state index is 0.00412. The number of hydrogen-bond acceptors (Lipinski definition) is 4. The molecule has 3 aromatic rings. The molecule has 3 rings (SSSR count). The van der Waals surface area contributed by atoms with Gasteiger partial charge in [0.2, 0.25) is 0 Å². The highest BCUT2D eigenvalue weighted by Crippen LogP contribution is 2.19. The summed E-state index contributed by atoms with van der Waals surface area (Å²) in [5.41, 5.74) is 0.380. The zero-order valence-electron chi connectivity index (χ0n) is 12.4. The van der Waals surface area contributed by atoms with Gasteiger partial charge in [0.05, 0.1) is 6.04 Å². The van der Waals surface area contributed by atoms with Crippen molar-refractivity contribution in [2.75, 3.05) is 0 Å². The molecule has 0 radical (unpaired) electrons. The number of hydrogen-bond donors (Lipinski definition) is 2. The molecular formula is C18H15NO4. The summed E-state index contributed by atoms with van der Waals surface area (Å²) >= 11 is 0. The fourth-order valence-electron chi connectivity index (χ4n) is 2.36. The van der Waals surface area contributed by atoms with Crippen LogP contribution in [-0.4, -0.2) is 11.0 Å². The largest absolute Gasteiger partial charge is 0.508 e. The lowest BCUT2D eigenvalue weighted by atomic mass is 10.1. The lowest BCUT2D eigenvalue weighted by Gasteiger charge is -2.13. The van der Waals surface area contributed by atoms with Gasteiger partial charge in [0.15, 0.2) is 0 Å². The van der Waals surface area contributed by atoms with Crippen LogP contribution in [0.2, 0.25) is 0 Å². The Labute approximate surface area is 132 Å². The average Bonchev–Trinajstić information content (AvgIpc) is 2.54. The Kier molecular flexibility index (Phi) is 3.85. The number of aromatic hydroxyl groups is 1. The van der Waals surface area contributed by atoms with E-state index in [2.05, 4.69) is 5.32 Å². The quantitative estimate of drug-likeness (QED) is 0.729.